The van der Waals surface area contributed by atoms with Gasteiger partial charge in [0, 0.05) is 5.39 Å². The van der Waals surface area contributed by atoms with Crippen molar-refractivity contribution in [1.29, 1.82) is 0 Å². The maximum Gasteiger partial charge on any atom is 0.223 e. The van der Waals surface area contributed by atoms with Crippen LogP contribution in [0.1, 0.15) is 0 Å². The van der Waals surface area contributed by atoms with Crippen LogP contribution in [-0.2, 0) is 0 Å². The van der Waals surface area contributed by atoms with Crippen molar-refractivity contribution in [2.24, 2.45) is 0 Å². The number of phenols is 1. The average Bonchev–Trinajstić information content (AvgIpc) is 2.83. The van der Waals surface area contributed by atoms with Crippen molar-refractivity contribution >= 4 is 22.5 Å². The second-order valence-corrected chi connectivity index (χ2v) is 3.83. The lowest BCUT2D eigenvalue weighted by molar-refractivity contribution is 0.480. The summed E-state index contributed by atoms with van der Waals surface area (Å²) >= 11 is 5.84. The first kappa shape index (κ1) is 10.1. The van der Waals surface area contributed by atoms with E-state index in [2.05, 4.69) is 9.97 Å². The van der Waals surface area contributed by atoms with Gasteiger partial charge >= 0.3 is 0 Å². The summed E-state index contributed by atoms with van der Waals surface area (Å²) in [5, 5.41) is 10.5. The van der Waals surface area contributed by atoms with Crippen molar-refractivity contribution in [3.05, 3.63) is 41.9 Å². The number of halogens is 1. The minimum Gasteiger partial charge on any atom is -0.506 e. The van der Waals surface area contributed by atoms with Crippen molar-refractivity contribution in [1.82, 2.24) is 9.97 Å². The van der Waals surface area contributed by atoms with Gasteiger partial charge in [0.1, 0.15) is 17.0 Å². The van der Waals surface area contributed by atoms with E-state index in [1.807, 2.05) is 6.07 Å². The zero-order valence-corrected chi connectivity index (χ0v) is 9.35. The summed E-state index contributed by atoms with van der Waals surface area (Å²) in [6.07, 6.45) is 1.56. The Morgan fingerprint density at radius 3 is 2.76 bits per heavy atom. The van der Waals surface area contributed by atoms with E-state index in [0.29, 0.717) is 22.4 Å². The monoisotopic (exact) mass is 246 g/mol. The molecule has 0 fully saturated rings. The zero-order valence-electron chi connectivity index (χ0n) is 8.59. The molecule has 84 valence electrons. The summed E-state index contributed by atoms with van der Waals surface area (Å²) in [7, 11) is 0. The Kier molecular flexibility index (Phi) is 2.23. The molecule has 2 heterocycles. The lowest BCUT2D eigenvalue weighted by atomic mass is 10.1. The van der Waals surface area contributed by atoms with Crippen LogP contribution in [0.4, 0.5) is 0 Å². The second kappa shape index (κ2) is 3.75. The van der Waals surface area contributed by atoms with Crippen LogP contribution in [0.25, 0.3) is 22.4 Å². The van der Waals surface area contributed by atoms with E-state index < -0.39 is 0 Å². The number of furan rings is 1. The summed E-state index contributed by atoms with van der Waals surface area (Å²) in [5.74, 6) is 0.657. The zero-order chi connectivity index (χ0) is 11.8. The largest absolute Gasteiger partial charge is 0.506 e. The van der Waals surface area contributed by atoms with Crippen LogP contribution in [0.15, 0.2) is 41.0 Å². The molecule has 17 heavy (non-hydrogen) atoms. The molecule has 0 aliphatic carbocycles. The van der Waals surface area contributed by atoms with Gasteiger partial charge in [-0.25, -0.2) is 9.97 Å². The number of hydrogen-bond donors (Lipinski definition) is 1. The van der Waals surface area contributed by atoms with Gasteiger partial charge in [0.05, 0.1) is 6.26 Å². The molecule has 3 aromatic rings. The number of benzene rings is 1. The molecule has 0 aliphatic rings. The minimum atomic E-state index is 0.0691. The fraction of sp³-hybridized carbons (Fsp3) is 0. The lowest BCUT2D eigenvalue weighted by Gasteiger charge is -2.04. The Labute approximate surface area is 102 Å². The van der Waals surface area contributed by atoms with E-state index in [4.69, 9.17) is 16.0 Å². The van der Waals surface area contributed by atoms with Gasteiger partial charge in [-0.3, -0.25) is 0 Å². The Hall–Kier alpha value is -2.07. The van der Waals surface area contributed by atoms with E-state index in [9.17, 15) is 5.11 Å². The molecule has 1 N–H and O–H groups in total. The van der Waals surface area contributed by atoms with E-state index in [1.54, 1.807) is 30.5 Å². The number of fused-ring (bicyclic) bond motifs is 1. The minimum absolute atomic E-state index is 0.0691. The summed E-state index contributed by atoms with van der Waals surface area (Å²) in [5.41, 5.74) is 0.986. The first-order chi connectivity index (χ1) is 8.25. The van der Waals surface area contributed by atoms with Crippen LogP contribution < -0.4 is 0 Å². The van der Waals surface area contributed by atoms with Gasteiger partial charge in [0.25, 0.3) is 0 Å². The molecule has 1 aromatic carbocycles. The van der Waals surface area contributed by atoms with Crippen LogP contribution in [0.5, 0.6) is 5.75 Å². The predicted molar refractivity (Wildman–Crippen MR) is 63.9 cm³/mol. The summed E-state index contributed by atoms with van der Waals surface area (Å²) in [6.45, 7) is 0. The highest BCUT2D eigenvalue weighted by atomic mass is 35.5. The molecule has 0 aliphatic heterocycles. The van der Waals surface area contributed by atoms with Crippen molar-refractivity contribution in [3.8, 4) is 17.2 Å². The van der Waals surface area contributed by atoms with Gasteiger partial charge in [0.15, 0.2) is 5.76 Å². The molecule has 0 spiro atoms. The third-order valence-electron chi connectivity index (χ3n) is 2.43. The van der Waals surface area contributed by atoms with Crippen LogP contribution >= 0.6 is 11.6 Å². The number of phenolic OH excluding ortho intramolecular Hbond substituents is 1. The Morgan fingerprint density at radius 1 is 1.12 bits per heavy atom. The summed E-state index contributed by atoms with van der Waals surface area (Å²) < 4.78 is 5.29. The quantitative estimate of drug-likeness (QED) is 0.670. The first-order valence-electron chi connectivity index (χ1n) is 4.95. The Balaban J connectivity index is 2.42. The van der Waals surface area contributed by atoms with Crippen molar-refractivity contribution in [2.45, 2.75) is 0 Å². The van der Waals surface area contributed by atoms with Crippen molar-refractivity contribution in [2.75, 3.05) is 0 Å². The normalized spacial score (nSPS) is 10.9. The van der Waals surface area contributed by atoms with E-state index in [0.717, 1.165) is 0 Å². The molecular weight excluding hydrogens is 240 g/mol. The molecule has 0 bridgehead atoms. The smallest absolute Gasteiger partial charge is 0.223 e. The Morgan fingerprint density at radius 2 is 2.00 bits per heavy atom. The fourth-order valence-corrected chi connectivity index (χ4v) is 1.88. The van der Waals surface area contributed by atoms with Gasteiger partial charge in [-0.05, 0) is 29.8 Å². The molecule has 5 heteroatoms. The fourth-order valence-electron chi connectivity index (χ4n) is 1.71. The number of aromatic hydroxyl groups is 1. The molecular formula is C12H7ClN2O2. The van der Waals surface area contributed by atoms with E-state index in [-0.39, 0.29) is 11.0 Å². The van der Waals surface area contributed by atoms with E-state index >= 15 is 0 Å². The van der Waals surface area contributed by atoms with Crippen molar-refractivity contribution < 1.29 is 9.52 Å². The topological polar surface area (TPSA) is 59.2 Å². The number of hydrogen-bond acceptors (Lipinski definition) is 4. The van der Waals surface area contributed by atoms with Crippen LogP contribution in [-0.4, -0.2) is 15.1 Å². The maximum absolute atomic E-state index is 9.74. The molecule has 2 aromatic heterocycles. The van der Waals surface area contributed by atoms with Crippen LogP contribution in [0, 0.1) is 0 Å². The standard InChI is InChI=1S/C12H7ClN2O2/c13-12-14-10-7(3-1-4-8(10)16)11(15-12)9-5-2-6-17-9/h1-6,16H. The van der Waals surface area contributed by atoms with Gasteiger partial charge in [-0.15, -0.1) is 0 Å². The molecule has 0 amide bonds. The molecule has 0 atom stereocenters. The first-order valence-corrected chi connectivity index (χ1v) is 5.32. The van der Waals surface area contributed by atoms with Gasteiger partial charge in [-0.1, -0.05) is 12.1 Å². The summed E-state index contributed by atoms with van der Waals surface area (Å²) in [4.78, 5) is 8.14. The molecule has 0 radical (unpaired) electrons. The molecule has 0 unspecified atom stereocenters. The highest BCUT2D eigenvalue weighted by molar-refractivity contribution is 6.29. The van der Waals surface area contributed by atoms with Crippen molar-refractivity contribution in [3.63, 3.8) is 0 Å². The lowest BCUT2D eigenvalue weighted by Crippen LogP contribution is -1.90. The highest BCUT2D eigenvalue weighted by Gasteiger charge is 2.12. The highest BCUT2D eigenvalue weighted by Crippen LogP contribution is 2.31. The summed E-state index contributed by atoms with van der Waals surface area (Å²) in [6, 6.07) is 8.63. The number of nitrogens with zero attached hydrogens (tertiary/aromatic N) is 2. The SMILES string of the molecule is Oc1cccc2c(-c3ccco3)nc(Cl)nc12. The molecule has 0 saturated heterocycles. The van der Waals surface area contributed by atoms with Crippen LogP contribution in [0.3, 0.4) is 0 Å². The third kappa shape index (κ3) is 1.62. The van der Waals surface area contributed by atoms with Gasteiger partial charge in [0.2, 0.25) is 5.28 Å². The number of para-hydroxylation sites is 1. The molecule has 0 saturated carbocycles. The van der Waals surface area contributed by atoms with Crippen LogP contribution in [0.2, 0.25) is 5.28 Å². The Bertz CT molecular complexity index is 680. The molecule has 3 rings (SSSR count). The predicted octanol–water partition coefficient (Wildman–Crippen LogP) is 3.25. The number of rotatable bonds is 1. The van der Waals surface area contributed by atoms with Gasteiger partial charge in [-0.2, -0.15) is 0 Å². The second-order valence-electron chi connectivity index (χ2n) is 3.49. The number of aromatic nitrogens is 2. The average molecular weight is 247 g/mol. The third-order valence-corrected chi connectivity index (χ3v) is 2.60. The molecule has 4 nitrogen and oxygen atoms in total. The van der Waals surface area contributed by atoms with Gasteiger partial charge < -0.3 is 9.52 Å². The van der Waals surface area contributed by atoms with E-state index in [1.165, 1.54) is 0 Å². The maximum atomic E-state index is 9.74.